The van der Waals surface area contributed by atoms with Gasteiger partial charge in [0.25, 0.3) is 0 Å². The van der Waals surface area contributed by atoms with E-state index in [1.807, 2.05) is 18.2 Å². The van der Waals surface area contributed by atoms with Gasteiger partial charge in [0.2, 0.25) is 0 Å². The number of quaternary nitrogens is 1. The molecule has 0 aliphatic rings. The average Bonchev–Trinajstić information content (AvgIpc) is 2.36. The van der Waals surface area contributed by atoms with Crippen molar-refractivity contribution in [3.8, 4) is 0 Å². The van der Waals surface area contributed by atoms with Crippen LogP contribution in [-0.2, 0) is 15.4 Å². The van der Waals surface area contributed by atoms with Gasteiger partial charge in [-0.05, 0) is 23.3 Å². The Morgan fingerprint density at radius 2 is 1.75 bits per heavy atom. The summed E-state index contributed by atoms with van der Waals surface area (Å²) >= 11 is 6.87. The molecular formula is C14H20Br3NO2. The van der Waals surface area contributed by atoms with E-state index in [0.29, 0.717) is 12.2 Å². The number of ether oxygens (including phenoxy) is 1. The number of esters is 1. The Labute approximate surface area is 148 Å². The lowest BCUT2D eigenvalue weighted by molar-refractivity contribution is -0.870. The van der Waals surface area contributed by atoms with E-state index in [9.17, 15) is 4.79 Å². The zero-order chi connectivity index (χ0) is 14.5. The normalized spacial score (nSPS) is 10.8. The number of carbonyl (C=O) groups is 1. The minimum absolute atomic E-state index is 0. The van der Waals surface area contributed by atoms with E-state index < -0.39 is 0 Å². The molecule has 0 unspecified atom stereocenters. The van der Waals surface area contributed by atoms with E-state index in [2.05, 4.69) is 53.0 Å². The minimum Gasteiger partial charge on any atom is -1.00 e. The summed E-state index contributed by atoms with van der Waals surface area (Å²) in [5, 5.41) is 1.51. The second kappa shape index (κ2) is 9.18. The van der Waals surface area contributed by atoms with Crippen molar-refractivity contribution in [3.05, 3.63) is 34.9 Å². The Morgan fingerprint density at radius 1 is 1.15 bits per heavy atom. The maximum absolute atomic E-state index is 11.9. The summed E-state index contributed by atoms with van der Waals surface area (Å²) in [5.41, 5.74) is 2.90. The van der Waals surface area contributed by atoms with Gasteiger partial charge in [0.05, 0.1) is 26.7 Å². The van der Waals surface area contributed by atoms with Crippen LogP contribution in [0.25, 0.3) is 0 Å². The van der Waals surface area contributed by atoms with Gasteiger partial charge in [0, 0.05) is 10.7 Å². The topological polar surface area (TPSA) is 26.3 Å². The molecule has 0 heterocycles. The highest BCUT2D eigenvalue weighted by atomic mass is 79.9. The van der Waals surface area contributed by atoms with Crippen LogP contribution in [0.5, 0.6) is 0 Å². The molecule has 0 aromatic heterocycles. The van der Waals surface area contributed by atoms with Gasteiger partial charge >= 0.3 is 5.97 Å². The SMILES string of the molecule is C[N+](C)(C)CCOC(=O)c1ccc(CBr)c(CBr)c1.[Br-]. The number of likely N-dealkylation sites (N-methyl/N-ethyl adjacent to an activating group) is 1. The minimum atomic E-state index is -0.253. The van der Waals surface area contributed by atoms with Gasteiger partial charge < -0.3 is 26.2 Å². The molecular weight excluding hydrogens is 454 g/mol. The van der Waals surface area contributed by atoms with Crippen LogP contribution in [0.2, 0.25) is 0 Å². The molecule has 6 heteroatoms. The molecule has 1 aromatic rings. The number of carbonyl (C=O) groups excluding carboxylic acids is 1. The summed E-state index contributed by atoms with van der Waals surface area (Å²) in [6.45, 7) is 1.24. The first-order chi connectivity index (χ1) is 8.87. The maximum Gasteiger partial charge on any atom is 0.338 e. The van der Waals surface area contributed by atoms with Gasteiger partial charge in [-0.3, -0.25) is 0 Å². The molecule has 0 bridgehead atoms. The van der Waals surface area contributed by atoms with E-state index in [-0.39, 0.29) is 23.0 Å². The molecule has 0 aliphatic heterocycles. The van der Waals surface area contributed by atoms with Gasteiger partial charge in [0.15, 0.2) is 0 Å². The third-order valence-corrected chi connectivity index (χ3v) is 3.93. The molecule has 0 radical (unpaired) electrons. The monoisotopic (exact) mass is 471 g/mol. The average molecular weight is 474 g/mol. The van der Waals surface area contributed by atoms with Gasteiger partial charge in [-0.25, -0.2) is 4.79 Å². The number of hydrogen-bond acceptors (Lipinski definition) is 2. The van der Waals surface area contributed by atoms with E-state index in [0.717, 1.165) is 27.3 Å². The maximum atomic E-state index is 11.9. The Morgan fingerprint density at radius 3 is 2.25 bits per heavy atom. The molecule has 0 amide bonds. The summed E-state index contributed by atoms with van der Waals surface area (Å²) in [6, 6.07) is 5.67. The van der Waals surface area contributed by atoms with Crippen molar-refractivity contribution >= 4 is 37.8 Å². The molecule has 1 aromatic carbocycles. The van der Waals surface area contributed by atoms with Crippen LogP contribution >= 0.6 is 31.9 Å². The molecule has 114 valence electrons. The van der Waals surface area contributed by atoms with Crippen LogP contribution < -0.4 is 17.0 Å². The third kappa shape index (κ3) is 6.70. The second-order valence-corrected chi connectivity index (χ2v) is 6.52. The fourth-order valence-electron chi connectivity index (χ4n) is 1.50. The lowest BCUT2D eigenvalue weighted by Crippen LogP contribution is -3.00. The van der Waals surface area contributed by atoms with E-state index in [4.69, 9.17) is 4.74 Å². The van der Waals surface area contributed by atoms with Crippen LogP contribution in [0.1, 0.15) is 21.5 Å². The van der Waals surface area contributed by atoms with Gasteiger partial charge in [-0.2, -0.15) is 0 Å². The molecule has 0 atom stereocenters. The first kappa shape index (κ1) is 20.1. The summed E-state index contributed by atoms with van der Waals surface area (Å²) in [4.78, 5) is 11.9. The van der Waals surface area contributed by atoms with Crippen LogP contribution in [0.3, 0.4) is 0 Å². The molecule has 0 spiro atoms. The van der Waals surface area contributed by atoms with Crippen molar-refractivity contribution < 1.29 is 31.0 Å². The molecule has 0 saturated carbocycles. The number of rotatable bonds is 6. The molecule has 1 rings (SSSR count). The summed E-state index contributed by atoms with van der Waals surface area (Å²) in [5.74, 6) is -0.253. The molecule has 0 saturated heterocycles. The predicted octanol–water partition coefficient (Wildman–Crippen LogP) is 0.343. The van der Waals surface area contributed by atoms with Crippen LogP contribution in [0.15, 0.2) is 18.2 Å². The first-order valence-electron chi connectivity index (χ1n) is 6.08. The fourth-order valence-corrected chi connectivity index (χ4v) is 2.57. The van der Waals surface area contributed by atoms with Crippen molar-refractivity contribution in [1.82, 2.24) is 0 Å². The summed E-state index contributed by atoms with van der Waals surface area (Å²) in [6.07, 6.45) is 0. The lowest BCUT2D eigenvalue weighted by atomic mass is 10.1. The number of hydrogen-bond donors (Lipinski definition) is 0. The first-order valence-corrected chi connectivity index (χ1v) is 8.33. The smallest absolute Gasteiger partial charge is 0.338 e. The van der Waals surface area contributed by atoms with E-state index in [1.54, 1.807) is 0 Å². The lowest BCUT2D eigenvalue weighted by Gasteiger charge is -2.23. The molecule has 20 heavy (non-hydrogen) atoms. The molecule has 3 nitrogen and oxygen atoms in total. The summed E-state index contributed by atoms with van der Waals surface area (Å²) in [7, 11) is 6.21. The van der Waals surface area contributed by atoms with E-state index in [1.165, 1.54) is 5.56 Å². The van der Waals surface area contributed by atoms with Gasteiger partial charge in [-0.15, -0.1) is 0 Å². The zero-order valence-electron chi connectivity index (χ0n) is 12.0. The largest absolute Gasteiger partial charge is 1.00 e. The Hall–Kier alpha value is 0.0900. The van der Waals surface area contributed by atoms with Crippen LogP contribution in [0, 0.1) is 0 Å². The number of nitrogens with zero attached hydrogens (tertiary/aromatic N) is 1. The number of benzene rings is 1. The third-order valence-electron chi connectivity index (χ3n) is 2.73. The van der Waals surface area contributed by atoms with Crippen LogP contribution in [0.4, 0.5) is 0 Å². The Kier molecular flexibility index (Phi) is 9.22. The number of alkyl halides is 2. The van der Waals surface area contributed by atoms with Crippen LogP contribution in [-0.4, -0.2) is 44.7 Å². The Bertz CT molecular complexity index is 445. The Balaban J connectivity index is 0.00000361. The number of halogens is 3. The van der Waals surface area contributed by atoms with Crippen molar-refractivity contribution in [1.29, 1.82) is 0 Å². The van der Waals surface area contributed by atoms with Crippen molar-refractivity contribution in [2.24, 2.45) is 0 Å². The standard InChI is InChI=1S/C14H20Br2NO2.BrH/c1-17(2,3)6-7-19-14(18)11-4-5-12(9-15)13(8-11)10-16;/h4-5,8H,6-7,9-10H2,1-3H3;1H/q+1;/p-1. The highest BCUT2D eigenvalue weighted by Gasteiger charge is 2.12. The van der Waals surface area contributed by atoms with Gasteiger partial charge in [-0.1, -0.05) is 37.9 Å². The van der Waals surface area contributed by atoms with Crippen molar-refractivity contribution in [2.45, 2.75) is 10.7 Å². The summed E-state index contributed by atoms with van der Waals surface area (Å²) < 4.78 is 6.08. The van der Waals surface area contributed by atoms with Gasteiger partial charge in [0.1, 0.15) is 13.2 Å². The predicted molar refractivity (Wildman–Crippen MR) is 84.9 cm³/mol. The quantitative estimate of drug-likeness (QED) is 0.338. The molecule has 0 fully saturated rings. The highest BCUT2D eigenvalue weighted by molar-refractivity contribution is 9.09. The second-order valence-electron chi connectivity index (χ2n) is 5.40. The molecule has 0 N–H and O–H groups in total. The van der Waals surface area contributed by atoms with Crippen molar-refractivity contribution in [3.63, 3.8) is 0 Å². The zero-order valence-corrected chi connectivity index (χ0v) is 16.7. The van der Waals surface area contributed by atoms with Crippen molar-refractivity contribution in [2.75, 3.05) is 34.3 Å². The molecule has 0 aliphatic carbocycles. The highest BCUT2D eigenvalue weighted by Crippen LogP contribution is 2.18. The van der Waals surface area contributed by atoms with E-state index >= 15 is 0 Å². The fraction of sp³-hybridized carbons (Fsp3) is 0.500.